The zero-order valence-electron chi connectivity index (χ0n) is 7.95. The van der Waals surface area contributed by atoms with Gasteiger partial charge in [-0.25, -0.2) is 0 Å². The van der Waals surface area contributed by atoms with E-state index in [9.17, 15) is 0 Å². The summed E-state index contributed by atoms with van der Waals surface area (Å²) in [6.07, 6.45) is 9.81. The molecule has 0 aliphatic rings. The van der Waals surface area contributed by atoms with E-state index in [-0.39, 0.29) is 0 Å². The molecule has 0 aliphatic heterocycles. The van der Waals surface area contributed by atoms with Crippen molar-refractivity contribution >= 4 is 6.08 Å². The average molecular weight is 172 g/mol. The Balaban J connectivity index is 2.28. The zero-order valence-corrected chi connectivity index (χ0v) is 7.95. The van der Waals surface area contributed by atoms with Gasteiger partial charge in [0.1, 0.15) is 0 Å². The molecule has 0 unspecified atom stereocenters. The van der Waals surface area contributed by atoms with Gasteiger partial charge in [-0.05, 0) is 24.8 Å². The van der Waals surface area contributed by atoms with Crippen LogP contribution in [-0.2, 0) is 0 Å². The highest BCUT2D eigenvalue weighted by molar-refractivity contribution is 5.48. The molecule has 0 fully saturated rings. The Morgan fingerprint density at radius 2 is 1.85 bits per heavy atom. The van der Waals surface area contributed by atoms with Crippen LogP contribution in [0.3, 0.4) is 0 Å². The summed E-state index contributed by atoms with van der Waals surface area (Å²) in [4.78, 5) is 0. The lowest BCUT2D eigenvalue weighted by Gasteiger charge is -1.91. The first kappa shape index (κ1) is 9.79. The molecule has 0 heteroatoms. The van der Waals surface area contributed by atoms with Gasteiger partial charge in [0.2, 0.25) is 0 Å². The first-order valence-corrected chi connectivity index (χ1v) is 4.76. The van der Waals surface area contributed by atoms with Crippen LogP contribution in [-0.4, -0.2) is 0 Å². The van der Waals surface area contributed by atoms with Crippen molar-refractivity contribution in [3.8, 4) is 0 Å². The van der Waals surface area contributed by atoms with Gasteiger partial charge in [0, 0.05) is 0 Å². The quantitative estimate of drug-likeness (QED) is 0.464. The summed E-state index contributed by atoms with van der Waals surface area (Å²) < 4.78 is 0. The van der Waals surface area contributed by atoms with Crippen molar-refractivity contribution in [2.45, 2.75) is 19.3 Å². The number of allylic oxidation sites excluding steroid dienone is 2. The molecular weight excluding hydrogens is 156 g/mol. The first-order valence-electron chi connectivity index (χ1n) is 4.76. The van der Waals surface area contributed by atoms with Gasteiger partial charge >= 0.3 is 0 Å². The smallest absolute Gasteiger partial charge is 0.0260 e. The van der Waals surface area contributed by atoms with Crippen molar-refractivity contribution in [3.63, 3.8) is 0 Å². The lowest BCUT2D eigenvalue weighted by Crippen LogP contribution is -1.70. The fourth-order valence-electron chi connectivity index (χ4n) is 1.16. The zero-order chi connectivity index (χ0) is 9.36. The topological polar surface area (TPSA) is 0 Å². The van der Waals surface area contributed by atoms with Crippen molar-refractivity contribution in [3.05, 3.63) is 54.6 Å². The first-order chi connectivity index (χ1) is 6.43. The van der Waals surface area contributed by atoms with Gasteiger partial charge in [0.05, 0.1) is 0 Å². The highest BCUT2D eigenvalue weighted by atomic mass is 13.9. The minimum Gasteiger partial charge on any atom is -0.103 e. The average Bonchev–Trinajstić information content (AvgIpc) is 2.19. The van der Waals surface area contributed by atoms with Crippen LogP contribution in [0.25, 0.3) is 6.08 Å². The number of unbranched alkanes of at least 4 members (excludes halogenated alkanes) is 2. The molecule has 0 atom stereocenters. The van der Waals surface area contributed by atoms with E-state index in [1.54, 1.807) is 0 Å². The summed E-state index contributed by atoms with van der Waals surface area (Å²) in [5, 5.41) is 0. The maximum atomic E-state index is 3.69. The molecule has 0 bridgehead atoms. The number of hydrogen-bond donors (Lipinski definition) is 0. The molecule has 0 saturated heterocycles. The van der Waals surface area contributed by atoms with Gasteiger partial charge in [-0.1, -0.05) is 48.6 Å². The Kier molecular flexibility index (Phi) is 4.70. The van der Waals surface area contributed by atoms with Gasteiger partial charge in [-0.3, -0.25) is 0 Å². The normalized spacial score (nSPS) is 10.5. The summed E-state index contributed by atoms with van der Waals surface area (Å²) in [6, 6.07) is 10.4. The Hall–Kier alpha value is -1.30. The summed E-state index contributed by atoms with van der Waals surface area (Å²) in [5.41, 5.74) is 1.28. The van der Waals surface area contributed by atoms with E-state index in [0.717, 1.165) is 12.8 Å². The van der Waals surface area contributed by atoms with Crippen LogP contribution in [0, 0.1) is 0 Å². The Morgan fingerprint density at radius 1 is 1.08 bits per heavy atom. The summed E-state index contributed by atoms with van der Waals surface area (Å²) in [5.74, 6) is 0. The lowest BCUT2D eigenvalue weighted by molar-refractivity contribution is 0.872. The molecule has 0 amide bonds. The summed E-state index contributed by atoms with van der Waals surface area (Å²) >= 11 is 0. The number of hydrogen-bond acceptors (Lipinski definition) is 0. The van der Waals surface area contributed by atoms with Gasteiger partial charge in [-0.15, -0.1) is 6.58 Å². The standard InChI is InChI=1S/C13H16/c1-2-3-4-5-7-10-13-11-8-6-9-12-13/h2,6-12H,1,3-5H2/b10-7+. The van der Waals surface area contributed by atoms with Crippen molar-refractivity contribution in [2.24, 2.45) is 0 Å². The predicted molar refractivity (Wildman–Crippen MR) is 59.5 cm³/mol. The van der Waals surface area contributed by atoms with E-state index in [2.05, 4.69) is 43.0 Å². The van der Waals surface area contributed by atoms with Crippen LogP contribution < -0.4 is 0 Å². The highest BCUT2D eigenvalue weighted by Crippen LogP contribution is 2.04. The van der Waals surface area contributed by atoms with E-state index in [4.69, 9.17) is 0 Å². The molecular formula is C13H16. The van der Waals surface area contributed by atoms with Crippen LogP contribution >= 0.6 is 0 Å². The second-order valence-corrected chi connectivity index (χ2v) is 3.03. The van der Waals surface area contributed by atoms with Gasteiger partial charge in [0.25, 0.3) is 0 Å². The molecule has 0 saturated carbocycles. The van der Waals surface area contributed by atoms with Crippen molar-refractivity contribution < 1.29 is 0 Å². The van der Waals surface area contributed by atoms with E-state index in [1.165, 1.54) is 12.0 Å². The third-order valence-electron chi connectivity index (χ3n) is 1.89. The number of benzene rings is 1. The fourth-order valence-corrected chi connectivity index (χ4v) is 1.16. The molecule has 0 aliphatic carbocycles. The Labute approximate surface area is 80.6 Å². The summed E-state index contributed by atoms with van der Waals surface area (Å²) in [6.45, 7) is 3.69. The molecule has 0 heterocycles. The highest BCUT2D eigenvalue weighted by Gasteiger charge is 1.82. The second kappa shape index (κ2) is 6.24. The number of rotatable bonds is 5. The molecule has 0 radical (unpaired) electrons. The Morgan fingerprint density at radius 3 is 2.54 bits per heavy atom. The monoisotopic (exact) mass is 172 g/mol. The van der Waals surface area contributed by atoms with E-state index < -0.39 is 0 Å². The maximum Gasteiger partial charge on any atom is -0.0260 e. The van der Waals surface area contributed by atoms with Crippen molar-refractivity contribution in [2.75, 3.05) is 0 Å². The molecule has 1 aromatic rings. The molecule has 0 N–H and O–H groups in total. The van der Waals surface area contributed by atoms with Crippen LogP contribution in [0.4, 0.5) is 0 Å². The van der Waals surface area contributed by atoms with Crippen LogP contribution in [0.2, 0.25) is 0 Å². The summed E-state index contributed by atoms with van der Waals surface area (Å²) in [7, 11) is 0. The minimum atomic E-state index is 1.11. The van der Waals surface area contributed by atoms with Gasteiger partial charge < -0.3 is 0 Å². The molecule has 1 aromatic carbocycles. The molecule has 0 nitrogen and oxygen atoms in total. The van der Waals surface area contributed by atoms with Crippen molar-refractivity contribution in [1.29, 1.82) is 0 Å². The molecule has 0 spiro atoms. The predicted octanol–water partition coefficient (Wildman–Crippen LogP) is 4.06. The molecule has 68 valence electrons. The van der Waals surface area contributed by atoms with Crippen LogP contribution in [0.15, 0.2) is 49.1 Å². The Bertz CT molecular complexity index is 257. The van der Waals surface area contributed by atoms with E-state index in [1.807, 2.05) is 12.1 Å². The fraction of sp³-hybridized carbons (Fsp3) is 0.231. The van der Waals surface area contributed by atoms with Crippen LogP contribution in [0.1, 0.15) is 24.8 Å². The second-order valence-electron chi connectivity index (χ2n) is 3.03. The van der Waals surface area contributed by atoms with Gasteiger partial charge in [-0.2, -0.15) is 0 Å². The molecule has 1 rings (SSSR count). The van der Waals surface area contributed by atoms with Gasteiger partial charge in [0.15, 0.2) is 0 Å². The third-order valence-corrected chi connectivity index (χ3v) is 1.89. The van der Waals surface area contributed by atoms with E-state index in [0.29, 0.717) is 0 Å². The SMILES string of the molecule is C=CCCC/C=C/c1ccccc1. The largest absolute Gasteiger partial charge is 0.103 e. The van der Waals surface area contributed by atoms with Crippen LogP contribution in [0.5, 0.6) is 0 Å². The maximum absolute atomic E-state index is 3.69. The molecule has 13 heavy (non-hydrogen) atoms. The van der Waals surface area contributed by atoms with Crippen molar-refractivity contribution in [1.82, 2.24) is 0 Å². The minimum absolute atomic E-state index is 1.11. The van der Waals surface area contributed by atoms with E-state index >= 15 is 0 Å². The third kappa shape index (κ3) is 4.32. The lowest BCUT2D eigenvalue weighted by atomic mass is 10.1. The molecule has 0 aromatic heterocycles.